The number of pyridine rings is 1. The molecule has 1 aromatic carbocycles. The van der Waals surface area contributed by atoms with Crippen molar-refractivity contribution in [1.82, 2.24) is 9.88 Å². The van der Waals surface area contributed by atoms with Crippen molar-refractivity contribution in [3.8, 4) is 0 Å². The minimum Gasteiger partial charge on any atom is -0.380 e. The molecule has 0 unspecified atom stereocenters. The van der Waals surface area contributed by atoms with E-state index in [0.29, 0.717) is 12.2 Å². The SMILES string of the molecule is CCc1cccc(Cl)c1CNc1ccc(C(=O)N2CCCCC2)nc1. The van der Waals surface area contributed by atoms with Gasteiger partial charge in [0.15, 0.2) is 0 Å². The minimum absolute atomic E-state index is 0.0330. The molecule has 0 saturated carbocycles. The van der Waals surface area contributed by atoms with Crippen LogP contribution >= 0.6 is 11.6 Å². The lowest BCUT2D eigenvalue weighted by Crippen LogP contribution is -2.36. The number of carbonyl (C=O) groups is 1. The molecule has 4 nitrogen and oxygen atoms in total. The predicted octanol–water partition coefficient (Wildman–Crippen LogP) is 4.54. The molecule has 1 saturated heterocycles. The highest BCUT2D eigenvalue weighted by atomic mass is 35.5. The molecule has 2 heterocycles. The number of likely N-dealkylation sites (tertiary alicyclic amines) is 1. The van der Waals surface area contributed by atoms with Crippen LogP contribution in [0.2, 0.25) is 5.02 Å². The Labute approximate surface area is 154 Å². The average Bonchev–Trinajstić information content (AvgIpc) is 2.67. The Balaban J connectivity index is 1.64. The summed E-state index contributed by atoms with van der Waals surface area (Å²) in [4.78, 5) is 18.7. The number of aryl methyl sites for hydroxylation is 1. The molecule has 1 aliphatic rings. The van der Waals surface area contributed by atoms with Gasteiger partial charge < -0.3 is 10.2 Å². The summed E-state index contributed by atoms with van der Waals surface area (Å²) in [7, 11) is 0. The number of benzene rings is 1. The Morgan fingerprint density at radius 3 is 2.68 bits per heavy atom. The van der Waals surface area contributed by atoms with Crippen molar-refractivity contribution in [1.29, 1.82) is 0 Å². The van der Waals surface area contributed by atoms with Crippen LogP contribution in [0.4, 0.5) is 5.69 Å². The van der Waals surface area contributed by atoms with E-state index in [1.165, 1.54) is 12.0 Å². The van der Waals surface area contributed by atoms with Gasteiger partial charge in [0.1, 0.15) is 5.69 Å². The summed E-state index contributed by atoms with van der Waals surface area (Å²) in [5.74, 6) is 0.0330. The second-order valence-electron chi connectivity index (χ2n) is 6.37. The molecule has 0 aliphatic carbocycles. The largest absolute Gasteiger partial charge is 0.380 e. The zero-order chi connectivity index (χ0) is 17.6. The molecule has 3 rings (SSSR count). The molecule has 0 spiro atoms. The van der Waals surface area contributed by atoms with Gasteiger partial charge in [-0.3, -0.25) is 4.79 Å². The van der Waals surface area contributed by atoms with Gasteiger partial charge in [0, 0.05) is 24.7 Å². The van der Waals surface area contributed by atoms with Gasteiger partial charge in [0.05, 0.1) is 11.9 Å². The van der Waals surface area contributed by atoms with Crippen LogP contribution in [0.5, 0.6) is 0 Å². The fourth-order valence-corrected chi connectivity index (χ4v) is 3.47. The topological polar surface area (TPSA) is 45.2 Å². The molecule has 5 heteroatoms. The predicted molar refractivity (Wildman–Crippen MR) is 102 cm³/mol. The fourth-order valence-electron chi connectivity index (χ4n) is 3.21. The number of anilines is 1. The van der Waals surface area contributed by atoms with E-state index in [0.717, 1.165) is 48.6 Å². The first-order valence-corrected chi connectivity index (χ1v) is 9.32. The van der Waals surface area contributed by atoms with Crippen LogP contribution < -0.4 is 5.32 Å². The Kier molecular flexibility index (Phi) is 5.92. The Morgan fingerprint density at radius 2 is 2.00 bits per heavy atom. The molecular formula is C20H24ClN3O. The Bertz CT molecular complexity index is 724. The maximum Gasteiger partial charge on any atom is 0.272 e. The third-order valence-corrected chi connectivity index (χ3v) is 5.05. The molecule has 1 fully saturated rings. The smallest absolute Gasteiger partial charge is 0.272 e. The molecule has 1 aromatic heterocycles. The van der Waals surface area contributed by atoms with E-state index >= 15 is 0 Å². The first-order chi connectivity index (χ1) is 12.2. The van der Waals surface area contributed by atoms with Gasteiger partial charge >= 0.3 is 0 Å². The highest BCUT2D eigenvalue weighted by Crippen LogP contribution is 2.22. The lowest BCUT2D eigenvalue weighted by molar-refractivity contribution is 0.0718. The fraction of sp³-hybridized carbons (Fsp3) is 0.400. The summed E-state index contributed by atoms with van der Waals surface area (Å²) in [5.41, 5.74) is 3.75. The zero-order valence-electron chi connectivity index (χ0n) is 14.6. The van der Waals surface area contributed by atoms with Crippen LogP contribution in [0.15, 0.2) is 36.5 Å². The molecule has 25 heavy (non-hydrogen) atoms. The van der Waals surface area contributed by atoms with E-state index in [2.05, 4.69) is 23.3 Å². The number of hydrogen-bond donors (Lipinski definition) is 1. The van der Waals surface area contributed by atoms with Crippen molar-refractivity contribution in [2.75, 3.05) is 18.4 Å². The van der Waals surface area contributed by atoms with Gasteiger partial charge in [-0.2, -0.15) is 0 Å². The van der Waals surface area contributed by atoms with Crippen molar-refractivity contribution in [2.45, 2.75) is 39.2 Å². The van der Waals surface area contributed by atoms with Crippen LogP contribution in [0.3, 0.4) is 0 Å². The van der Waals surface area contributed by atoms with E-state index in [1.54, 1.807) is 12.3 Å². The number of carbonyl (C=O) groups excluding carboxylic acids is 1. The Morgan fingerprint density at radius 1 is 1.20 bits per heavy atom. The number of nitrogens with zero attached hydrogens (tertiary/aromatic N) is 2. The van der Waals surface area contributed by atoms with Crippen molar-refractivity contribution in [3.63, 3.8) is 0 Å². The first kappa shape index (κ1) is 17.7. The number of aromatic nitrogens is 1. The Hall–Kier alpha value is -2.07. The van der Waals surface area contributed by atoms with Gasteiger partial charge in [0.2, 0.25) is 0 Å². The lowest BCUT2D eigenvalue weighted by Gasteiger charge is -2.26. The number of nitrogens with one attached hydrogen (secondary N) is 1. The van der Waals surface area contributed by atoms with E-state index in [9.17, 15) is 4.79 Å². The molecule has 0 atom stereocenters. The van der Waals surface area contributed by atoms with Crippen molar-refractivity contribution < 1.29 is 4.79 Å². The van der Waals surface area contributed by atoms with Crippen molar-refractivity contribution >= 4 is 23.2 Å². The number of amides is 1. The van der Waals surface area contributed by atoms with E-state index < -0.39 is 0 Å². The second kappa shape index (κ2) is 8.34. The van der Waals surface area contributed by atoms with Gasteiger partial charge in [-0.15, -0.1) is 0 Å². The summed E-state index contributed by atoms with van der Waals surface area (Å²) in [6.45, 7) is 4.45. The number of halogens is 1. The maximum atomic E-state index is 12.4. The van der Waals surface area contributed by atoms with Crippen molar-refractivity contribution in [2.24, 2.45) is 0 Å². The molecule has 2 aromatic rings. The van der Waals surface area contributed by atoms with Crippen LogP contribution in [0.1, 0.15) is 47.8 Å². The highest BCUT2D eigenvalue weighted by Gasteiger charge is 2.19. The molecule has 1 N–H and O–H groups in total. The third-order valence-electron chi connectivity index (χ3n) is 4.69. The minimum atomic E-state index is 0.0330. The summed E-state index contributed by atoms with van der Waals surface area (Å²) in [6.07, 6.45) is 6.05. The number of hydrogen-bond acceptors (Lipinski definition) is 3. The summed E-state index contributed by atoms with van der Waals surface area (Å²) in [6, 6.07) is 9.70. The molecule has 0 bridgehead atoms. The van der Waals surface area contributed by atoms with Gasteiger partial charge in [-0.25, -0.2) is 4.98 Å². The maximum absolute atomic E-state index is 12.4. The summed E-state index contributed by atoms with van der Waals surface area (Å²) in [5, 5.41) is 4.13. The molecular weight excluding hydrogens is 334 g/mol. The van der Waals surface area contributed by atoms with Crippen LogP contribution in [0, 0.1) is 0 Å². The van der Waals surface area contributed by atoms with Crippen LogP contribution in [-0.4, -0.2) is 28.9 Å². The van der Waals surface area contributed by atoms with Crippen LogP contribution in [-0.2, 0) is 13.0 Å². The number of piperidine rings is 1. The molecule has 132 valence electrons. The van der Waals surface area contributed by atoms with E-state index in [-0.39, 0.29) is 5.91 Å². The summed E-state index contributed by atoms with van der Waals surface area (Å²) >= 11 is 6.32. The van der Waals surface area contributed by atoms with Gasteiger partial charge in [-0.1, -0.05) is 30.7 Å². The average molecular weight is 358 g/mol. The standard InChI is InChI=1S/C20H24ClN3O/c1-2-15-7-6-8-18(21)17(15)14-22-16-9-10-19(23-13-16)20(25)24-11-4-3-5-12-24/h6-10,13,22H,2-5,11-12,14H2,1H3. The highest BCUT2D eigenvalue weighted by molar-refractivity contribution is 6.31. The first-order valence-electron chi connectivity index (χ1n) is 8.94. The van der Waals surface area contributed by atoms with Gasteiger partial charge in [0.25, 0.3) is 5.91 Å². The second-order valence-corrected chi connectivity index (χ2v) is 6.78. The zero-order valence-corrected chi connectivity index (χ0v) is 15.4. The van der Waals surface area contributed by atoms with Gasteiger partial charge in [-0.05, 0) is 55.0 Å². The third kappa shape index (κ3) is 4.31. The molecule has 1 aliphatic heterocycles. The summed E-state index contributed by atoms with van der Waals surface area (Å²) < 4.78 is 0. The van der Waals surface area contributed by atoms with E-state index in [1.807, 2.05) is 23.1 Å². The van der Waals surface area contributed by atoms with Crippen molar-refractivity contribution in [3.05, 3.63) is 58.4 Å². The van der Waals surface area contributed by atoms with E-state index in [4.69, 9.17) is 11.6 Å². The normalized spacial score (nSPS) is 14.4. The van der Waals surface area contributed by atoms with Crippen LogP contribution in [0.25, 0.3) is 0 Å². The lowest BCUT2D eigenvalue weighted by atomic mass is 10.1. The monoisotopic (exact) mass is 357 g/mol. The quantitative estimate of drug-likeness (QED) is 0.854. The molecule has 1 amide bonds. The molecule has 0 radical (unpaired) electrons. The number of rotatable bonds is 5.